The molecule has 1 aromatic rings. The van der Waals surface area contributed by atoms with Crippen molar-refractivity contribution < 1.29 is 9.59 Å². The molecule has 1 saturated heterocycles. The Morgan fingerprint density at radius 2 is 2.00 bits per heavy atom. The average Bonchev–Trinajstić information content (AvgIpc) is 2.54. The van der Waals surface area contributed by atoms with E-state index < -0.39 is 6.04 Å². The van der Waals surface area contributed by atoms with Crippen LogP contribution in [0.15, 0.2) is 18.5 Å². The summed E-state index contributed by atoms with van der Waals surface area (Å²) in [6, 6.07) is 1.44. The van der Waals surface area contributed by atoms with E-state index in [4.69, 9.17) is 5.73 Å². The van der Waals surface area contributed by atoms with Crippen LogP contribution in [-0.2, 0) is 4.79 Å². The first kappa shape index (κ1) is 17.6. The second-order valence-electron chi connectivity index (χ2n) is 6.75. The zero-order valence-electron chi connectivity index (χ0n) is 14.3. The zero-order chi connectivity index (χ0) is 17.0. The van der Waals surface area contributed by atoms with Crippen LogP contribution in [0.4, 0.5) is 0 Å². The Hall–Kier alpha value is -1.75. The summed E-state index contributed by atoms with van der Waals surface area (Å²) in [5.74, 6) is 0.984. The molecule has 5 heteroatoms. The molecule has 2 heterocycles. The van der Waals surface area contributed by atoms with Crippen molar-refractivity contribution in [3.63, 3.8) is 0 Å². The number of amides is 1. The van der Waals surface area contributed by atoms with E-state index in [-0.39, 0.29) is 11.7 Å². The lowest BCUT2D eigenvalue weighted by Gasteiger charge is -2.35. The maximum atomic E-state index is 12.5. The highest BCUT2D eigenvalue weighted by Gasteiger charge is 2.28. The molecule has 0 aliphatic carbocycles. The summed E-state index contributed by atoms with van der Waals surface area (Å²) < 4.78 is 0. The van der Waals surface area contributed by atoms with Gasteiger partial charge in [0.15, 0.2) is 5.78 Å². The molecule has 1 unspecified atom stereocenters. The summed E-state index contributed by atoms with van der Waals surface area (Å²) in [4.78, 5) is 30.3. The van der Waals surface area contributed by atoms with Gasteiger partial charge in [0.1, 0.15) is 0 Å². The number of piperidine rings is 1. The summed E-state index contributed by atoms with van der Waals surface area (Å²) in [6.45, 7) is 7.30. The van der Waals surface area contributed by atoms with E-state index >= 15 is 0 Å². The normalized spacial score (nSPS) is 18.5. The number of hydrogen-bond donors (Lipinski definition) is 1. The summed E-state index contributed by atoms with van der Waals surface area (Å²) >= 11 is 0. The molecular formula is C18H27N3O2. The molecule has 0 spiro atoms. The first-order valence-corrected chi connectivity index (χ1v) is 8.38. The molecule has 0 saturated carbocycles. The lowest BCUT2D eigenvalue weighted by Crippen LogP contribution is -2.46. The van der Waals surface area contributed by atoms with Gasteiger partial charge in [-0.1, -0.05) is 6.92 Å². The first-order chi connectivity index (χ1) is 10.9. The molecule has 2 atom stereocenters. The van der Waals surface area contributed by atoms with Crippen LogP contribution >= 0.6 is 0 Å². The van der Waals surface area contributed by atoms with Crippen LogP contribution in [0.2, 0.25) is 0 Å². The Bertz CT molecular complexity index is 563. The molecule has 0 radical (unpaired) electrons. The van der Waals surface area contributed by atoms with Gasteiger partial charge in [-0.05, 0) is 50.2 Å². The lowest BCUT2D eigenvalue weighted by molar-refractivity contribution is -0.133. The summed E-state index contributed by atoms with van der Waals surface area (Å²) in [7, 11) is 0. The Balaban J connectivity index is 1.88. The fourth-order valence-electron chi connectivity index (χ4n) is 3.30. The standard InChI is InChI=1S/C18H27N3O2/c1-12-4-7-20-11-16(12)17(22)10-13(2)15-5-8-21(9-6-15)18(23)14(3)19/h4,7,11,13-15H,5-6,8-10,19H2,1-3H3/t13?,14-/m0/s1. The highest BCUT2D eigenvalue weighted by molar-refractivity contribution is 5.97. The van der Waals surface area contributed by atoms with E-state index in [1.165, 1.54) is 0 Å². The minimum atomic E-state index is -0.431. The van der Waals surface area contributed by atoms with E-state index in [2.05, 4.69) is 11.9 Å². The number of nitrogens with zero attached hydrogens (tertiary/aromatic N) is 2. The summed E-state index contributed by atoms with van der Waals surface area (Å²) in [5, 5.41) is 0. The number of carbonyl (C=O) groups excluding carboxylic acids is 2. The molecule has 1 aliphatic heterocycles. The Morgan fingerprint density at radius 3 is 2.57 bits per heavy atom. The van der Waals surface area contributed by atoms with Crippen LogP contribution in [0.3, 0.4) is 0 Å². The highest BCUT2D eigenvalue weighted by Crippen LogP contribution is 2.28. The second-order valence-corrected chi connectivity index (χ2v) is 6.75. The second kappa shape index (κ2) is 7.68. The van der Waals surface area contributed by atoms with Crippen LogP contribution in [0.5, 0.6) is 0 Å². The van der Waals surface area contributed by atoms with Gasteiger partial charge in [0.2, 0.25) is 5.91 Å². The first-order valence-electron chi connectivity index (χ1n) is 8.38. The van der Waals surface area contributed by atoms with Crippen LogP contribution in [0, 0.1) is 18.8 Å². The molecule has 0 aromatic carbocycles. The monoisotopic (exact) mass is 317 g/mol. The minimum absolute atomic E-state index is 0.0261. The van der Waals surface area contributed by atoms with Crippen LogP contribution in [0.25, 0.3) is 0 Å². The third-order valence-corrected chi connectivity index (χ3v) is 4.89. The van der Waals surface area contributed by atoms with Gasteiger partial charge in [-0.2, -0.15) is 0 Å². The third kappa shape index (κ3) is 4.38. The third-order valence-electron chi connectivity index (χ3n) is 4.89. The Kier molecular flexibility index (Phi) is 5.88. The molecule has 0 bridgehead atoms. The molecule has 5 nitrogen and oxygen atoms in total. The van der Waals surface area contributed by atoms with Crippen molar-refractivity contribution in [3.05, 3.63) is 29.6 Å². The zero-order valence-corrected chi connectivity index (χ0v) is 14.3. The summed E-state index contributed by atoms with van der Waals surface area (Å²) in [5.41, 5.74) is 7.37. The number of nitrogens with two attached hydrogens (primary N) is 1. The van der Waals surface area contributed by atoms with Gasteiger partial charge in [-0.25, -0.2) is 0 Å². The van der Waals surface area contributed by atoms with Gasteiger partial charge < -0.3 is 10.6 Å². The lowest BCUT2D eigenvalue weighted by atomic mass is 9.81. The Labute approximate surface area is 138 Å². The number of likely N-dealkylation sites (tertiary alicyclic amines) is 1. The molecule has 2 rings (SSSR count). The van der Waals surface area contributed by atoms with Crippen LogP contribution in [0.1, 0.15) is 49.0 Å². The molecule has 23 heavy (non-hydrogen) atoms. The van der Waals surface area contributed by atoms with Gasteiger partial charge in [-0.3, -0.25) is 14.6 Å². The van der Waals surface area contributed by atoms with E-state index in [0.29, 0.717) is 18.3 Å². The highest BCUT2D eigenvalue weighted by atomic mass is 16.2. The molecule has 126 valence electrons. The number of rotatable bonds is 5. The number of aryl methyl sites for hydroxylation is 1. The van der Waals surface area contributed by atoms with Crippen molar-refractivity contribution >= 4 is 11.7 Å². The minimum Gasteiger partial charge on any atom is -0.341 e. The molecular weight excluding hydrogens is 290 g/mol. The van der Waals surface area contributed by atoms with Gasteiger partial charge in [-0.15, -0.1) is 0 Å². The van der Waals surface area contributed by atoms with E-state index in [1.54, 1.807) is 19.3 Å². The van der Waals surface area contributed by atoms with Crippen LogP contribution < -0.4 is 5.73 Å². The fraction of sp³-hybridized carbons (Fsp3) is 0.611. The van der Waals surface area contributed by atoms with E-state index in [1.807, 2.05) is 17.9 Å². The average molecular weight is 317 g/mol. The Morgan fingerprint density at radius 1 is 1.35 bits per heavy atom. The van der Waals surface area contributed by atoms with Crippen molar-refractivity contribution in [1.29, 1.82) is 0 Å². The smallest absolute Gasteiger partial charge is 0.239 e. The predicted molar refractivity (Wildman–Crippen MR) is 90.0 cm³/mol. The van der Waals surface area contributed by atoms with E-state index in [0.717, 1.165) is 37.1 Å². The largest absolute Gasteiger partial charge is 0.341 e. The van der Waals surface area contributed by atoms with Crippen molar-refractivity contribution in [1.82, 2.24) is 9.88 Å². The maximum absolute atomic E-state index is 12.5. The quantitative estimate of drug-likeness (QED) is 0.845. The number of ketones is 1. The van der Waals surface area contributed by atoms with E-state index in [9.17, 15) is 9.59 Å². The van der Waals surface area contributed by atoms with Gasteiger partial charge in [0.25, 0.3) is 0 Å². The van der Waals surface area contributed by atoms with Gasteiger partial charge >= 0.3 is 0 Å². The number of hydrogen-bond acceptors (Lipinski definition) is 4. The number of aromatic nitrogens is 1. The molecule has 1 fully saturated rings. The summed E-state index contributed by atoms with van der Waals surface area (Å²) in [6.07, 6.45) is 5.80. The van der Waals surface area contributed by atoms with Crippen molar-refractivity contribution in [2.24, 2.45) is 17.6 Å². The van der Waals surface area contributed by atoms with Gasteiger partial charge in [0, 0.05) is 37.5 Å². The predicted octanol–water partition coefficient (Wildman–Crippen LogP) is 2.18. The van der Waals surface area contributed by atoms with Crippen LogP contribution in [-0.4, -0.2) is 40.7 Å². The number of Topliss-reactive ketones (excluding diaryl/α,β-unsaturated/α-hetero) is 1. The topological polar surface area (TPSA) is 76.3 Å². The molecule has 1 aromatic heterocycles. The number of pyridine rings is 1. The van der Waals surface area contributed by atoms with Gasteiger partial charge in [0.05, 0.1) is 6.04 Å². The number of carbonyl (C=O) groups is 2. The fourth-order valence-corrected chi connectivity index (χ4v) is 3.30. The molecule has 1 amide bonds. The van der Waals surface area contributed by atoms with Crippen molar-refractivity contribution in [2.75, 3.05) is 13.1 Å². The SMILES string of the molecule is Cc1ccncc1C(=O)CC(C)C1CCN(C(=O)[C@H](C)N)CC1. The maximum Gasteiger partial charge on any atom is 0.239 e. The molecule has 1 aliphatic rings. The molecule has 2 N–H and O–H groups in total. The van der Waals surface area contributed by atoms with Crippen molar-refractivity contribution in [2.45, 2.75) is 46.1 Å². The van der Waals surface area contributed by atoms with Crippen molar-refractivity contribution in [3.8, 4) is 0 Å².